The Morgan fingerprint density at radius 3 is 2.54 bits per heavy atom. The molecule has 2 amide bonds. The fourth-order valence-corrected chi connectivity index (χ4v) is 4.63. The van der Waals surface area contributed by atoms with Crippen molar-refractivity contribution in [3.8, 4) is 5.69 Å². The molecule has 1 aliphatic heterocycles. The van der Waals surface area contributed by atoms with Gasteiger partial charge in [0, 0.05) is 56.1 Å². The number of anilines is 2. The number of likely N-dealkylation sites (N-methyl/N-ethyl adjacent to an activating group) is 1. The Hall–Kier alpha value is -3.14. The van der Waals surface area contributed by atoms with Crippen LogP contribution in [0.1, 0.15) is 18.2 Å². The zero-order valence-corrected chi connectivity index (χ0v) is 22.3. The number of aryl methyl sites for hydroxylation is 1. The molecular weight excluding hydrogens is 495 g/mol. The van der Waals surface area contributed by atoms with E-state index in [2.05, 4.69) is 22.0 Å². The van der Waals surface area contributed by atoms with Crippen molar-refractivity contribution < 1.29 is 13.9 Å². The number of urea groups is 1. The largest absolute Gasteiger partial charge is 0.383 e. The molecule has 0 aliphatic carbocycles. The summed E-state index contributed by atoms with van der Waals surface area (Å²) in [6, 6.07) is 13.2. The lowest BCUT2D eigenvalue weighted by Gasteiger charge is -2.36. The number of aromatic nitrogens is 2. The number of hydrogen-bond donors (Lipinski definition) is 1. The first-order valence-electron chi connectivity index (χ1n) is 12.5. The highest BCUT2D eigenvalue weighted by Crippen LogP contribution is 2.30. The SMILES string of the molecule is CCN1CCN(c2c(CN(CCOC)C(=O)Nc3ccc(Cl)cc3)c(C)nn2-c2cccc(F)c2)CC1. The molecule has 1 N–H and O–H groups in total. The van der Waals surface area contributed by atoms with Crippen LogP contribution in [0.2, 0.25) is 5.02 Å². The predicted molar refractivity (Wildman–Crippen MR) is 145 cm³/mol. The van der Waals surface area contributed by atoms with E-state index in [0.29, 0.717) is 36.1 Å². The fraction of sp³-hybridized carbons (Fsp3) is 0.407. The fourth-order valence-electron chi connectivity index (χ4n) is 4.50. The molecule has 10 heteroatoms. The van der Waals surface area contributed by atoms with Gasteiger partial charge >= 0.3 is 6.03 Å². The van der Waals surface area contributed by atoms with Gasteiger partial charge in [-0.1, -0.05) is 24.6 Å². The molecule has 3 aromatic rings. The van der Waals surface area contributed by atoms with Crippen LogP contribution in [-0.4, -0.2) is 78.6 Å². The molecule has 1 saturated heterocycles. The summed E-state index contributed by atoms with van der Waals surface area (Å²) in [5.41, 5.74) is 3.02. The minimum atomic E-state index is -0.321. The molecule has 0 bridgehead atoms. The van der Waals surface area contributed by atoms with E-state index in [0.717, 1.165) is 49.8 Å². The van der Waals surface area contributed by atoms with Crippen LogP contribution in [0.25, 0.3) is 5.69 Å². The lowest BCUT2D eigenvalue weighted by atomic mass is 10.2. The van der Waals surface area contributed by atoms with Gasteiger partial charge in [0.15, 0.2) is 0 Å². The Labute approximate surface area is 222 Å². The van der Waals surface area contributed by atoms with Crippen LogP contribution in [-0.2, 0) is 11.3 Å². The van der Waals surface area contributed by atoms with Crippen LogP contribution in [0.3, 0.4) is 0 Å². The molecule has 198 valence electrons. The second kappa shape index (κ2) is 12.4. The number of rotatable bonds is 9. The summed E-state index contributed by atoms with van der Waals surface area (Å²) in [7, 11) is 1.61. The molecule has 8 nitrogen and oxygen atoms in total. The molecule has 2 aromatic carbocycles. The zero-order chi connectivity index (χ0) is 26.4. The first-order valence-corrected chi connectivity index (χ1v) is 12.9. The maximum atomic E-state index is 14.2. The summed E-state index contributed by atoms with van der Waals surface area (Å²) in [5.74, 6) is 0.568. The van der Waals surface area contributed by atoms with Crippen LogP contribution in [0.5, 0.6) is 0 Å². The normalized spacial score (nSPS) is 14.1. The van der Waals surface area contributed by atoms with E-state index in [4.69, 9.17) is 21.4 Å². The summed E-state index contributed by atoms with van der Waals surface area (Å²) in [6.07, 6.45) is 0. The summed E-state index contributed by atoms with van der Waals surface area (Å²) in [4.78, 5) is 19.7. The highest BCUT2D eigenvalue weighted by molar-refractivity contribution is 6.30. The highest BCUT2D eigenvalue weighted by Gasteiger charge is 2.27. The Morgan fingerprint density at radius 1 is 1.16 bits per heavy atom. The summed E-state index contributed by atoms with van der Waals surface area (Å²) in [5, 5.41) is 8.36. The van der Waals surface area contributed by atoms with E-state index >= 15 is 0 Å². The predicted octanol–water partition coefficient (Wildman–Crippen LogP) is 4.80. The molecule has 0 saturated carbocycles. The van der Waals surface area contributed by atoms with Crippen molar-refractivity contribution in [1.82, 2.24) is 19.6 Å². The van der Waals surface area contributed by atoms with E-state index < -0.39 is 0 Å². The highest BCUT2D eigenvalue weighted by atomic mass is 35.5. The molecular formula is C27H34ClFN6O2. The van der Waals surface area contributed by atoms with E-state index in [1.165, 1.54) is 12.1 Å². The van der Waals surface area contributed by atoms with Crippen LogP contribution < -0.4 is 10.2 Å². The second-order valence-electron chi connectivity index (χ2n) is 9.05. The first-order chi connectivity index (χ1) is 17.9. The van der Waals surface area contributed by atoms with Crippen molar-refractivity contribution >= 4 is 29.1 Å². The minimum absolute atomic E-state index is 0.251. The third kappa shape index (κ3) is 6.60. The van der Waals surface area contributed by atoms with Crippen molar-refractivity contribution in [3.63, 3.8) is 0 Å². The van der Waals surface area contributed by atoms with E-state index in [9.17, 15) is 9.18 Å². The number of carbonyl (C=O) groups excluding carboxylic acids is 1. The van der Waals surface area contributed by atoms with Gasteiger partial charge < -0.3 is 24.8 Å². The van der Waals surface area contributed by atoms with Crippen molar-refractivity contribution in [2.24, 2.45) is 0 Å². The first kappa shape index (κ1) is 26.9. The van der Waals surface area contributed by atoms with Crippen LogP contribution >= 0.6 is 11.6 Å². The van der Waals surface area contributed by atoms with Crippen LogP contribution in [0, 0.1) is 12.7 Å². The van der Waals surface area contributed by atoms with E-state index in [1.54, 1.807) is 47.0 Å². The van der Waals surface area contributed by atoms with Crippen LogP contribution in [0.4, 0.5) is 20.7 Å². The van der Waals surface area contributed by atoms with Gasteiger partial charge in [-0.2, -0.15) is 5.10 Å². The third-order valence-corrected chi connectivity index (χ3v) is 6.88. The molecule has 37 heavy (non-hydrogen) atoms. The van der Waals surface area contributed by atoms with Gasteiger partial charge in [-0.05, 0) is 55.9 Å². The van der Waals surface area contributed by atoms with Crippen molar-refractivity contribution in [2.75, 3.05) is 63.2 Å². The molecule has 1 aromatic heterocycles. The van der Waals surface area contributed by atoms with Gasteiger partial charge in [-0.15, -0.1) is 0 Å². The smallest absolute Gasteiger partial charge is 0.322 e. The van der Waals surface area contributed by atoms with Crippen molar-refractivity contribution in [1.29, 1.82) is 0 Å². The zero-order valence-electron chi connectivity index (χ0n) is 21.6. The topological polar surface area (TPSA) is 65.9 Å². The van der Waals surface area contributed by atoms with Gasteiger partial charge in [0.2, 0.25) is 0 Å². The molecule has 0 spiro atoms. The van der Waals surface area contributed by atoms with Gasteiger partial charge in [0.1, 0.15) is 11.6 Å². The number of hydrogen-bond acceptors (Lipinski definition) is 5. The molecule has 4 rings (SSSR count). The molecule has 1 aliphatic rings. The summed E-state index contributed by atoms with van der Waals surface area (Å²) >= 11 is 6.00. The lowest BCUT2D eigenvalue weighted by Crippen LogP contribution is -2.47. The molecule has 0 atom stereocenters. The number of amides is 2. The molecule has 0 radical (unpaired) electrons. The summed E-state index contributed by atoms with van der Waals surface area (Å²) < 4.78 is 21.3. The number of carbonyl (C=O) groups is 1. The Kier molecular flexibility index (Phi) is 9.02. The average Bonchev–Trinajstić information content (AvgIpc) is 3.23. The standard InChI is InChI=1S/C27H34ClFN6O2/c1-4-32-12-14-33(15-13-32)26-25(20(2)31-35(26)24-7-5-6-22(29)18-24)19-34(16-17-37-3)27(36)30-23-10-8-21(28)9-11-23/h5-11,18H,4,12-17,19H2,1-3H3,(H,30,36). The number of ether oxygens (including phenoxy) is 1. The number of benzene rings is 2. The number of halogens is 2. The quantitative estimate of drug-likeness (QED) is 0.432. The number of piperazine rings is 1. The Bertz CT molecular complexity index is 1190. The second-order valence-corrected chi connectivity index (χ2v) is 9.49. The van der Waals surface area contributed by atoms with Gasteiger partial charge in [0.05, 0.1) is 24.5 Å². The van der Waals surface area contributed by atoms with E-state index in [-0.39, 0.29) is 11.8 Å². The van der Waals surface area contributed by atoms with E-state index in [1.807, 2.05) is 13.0 Å². The van der Waals surface area contributed by atoms with Gasteiger partial charge in [-0.25, -0.2) is 13.9 Å². The van der Waals surface area contributed by atoms with Crippen molar-refractivity contribution in [3.05, 3.63) is 70.6 Å². The minimum Gasteiger partial charge on any atom is -0.383 e. The number of methoxy groups -OCH3 is 1. The maximum absolute atomic E-state index is 14.2. The number of nitrogens with one attached hydrogen (secondary N) is 1. The maximum Gasteiger partial charge on any atom is 0.322 e. The Morgan fingerprint density at radius 2 is 1.89 bits per heavy atom. The Balaban J connectivity index is 1.68. The molecule has 1 fully saturated rings. The third-order valence-electron chi connectivity index (χ3n) is 6.63. The summed E-state index contributed by atoms with van der Waals surface area (Å²) in [6.45, 7) is 9.68. The lowest BCUT2D eigenvalue weighted by molar-refractivity contribution is 0.152. The number of nitrogens with zero attached hydrogens (tertiary/aromatic N) is 5. The molecule has 2 heterocycles. The van der Waals surface area contributed by atoms with Gasteiger partial charge in [0.25, 0.3) is 0 Å². The average molecular weight is 529 g/mol. The van der Waals surface area contributed by atoms with Gasteiger partial charge in [-0.3, -0.25) is 0 Å². The monoisotopic (exact) mass is 528 g/mol. The van der Waals surface area contributed by atoms with Crippen molar-refractivity contribution in [2.45, 2.75) is 20.4 Å². The van der Waals surface area contributed by atoms with Crippen LogP contribution in [0.15, 0.2) is 48.5 Å². The molecule has 0 unspecified atom stereocenters.